The van der Waals surface area contributed by atoms with Crippen molar-refractivity contribution in [2.45, 2.75) is 26.2 Å². The minimum Gasteiger partial charge on any atom is -0.395 e. The van der Waals surface area contributed by atoms with E-state index in [1.807, 2.05) is 6.92 Å². The Labute approximate surface area is 111 Å². The number of hydrogen-bond acceptors (Lipinski definition) is 5. The number of hydrogen-bond donors (Lipinski definition) is 2. The summed E-state index contributed by atoms with van der Waals surface area (Å²) in [6, 6.07) is 1.61. The molecule has 108 valence electrons. The number of halogens is 2. The number of rotatable bonds is 8. The first-order chi connectivity index (χ1) is 9.10. The van der Waals surface area contributed by atoms with E-state index in [0.717, 1.165) is 6.42 Å². The summed E-state index contributed by atoms with van der Waals surface area (Å²) < 4.78 is 25.1. The van der Waals surface area contributed by atoms with E-state index in [1.165, 1.54) is 4.90 Å². The Morgan fingerprint density at radius 3 is 2.68 bits per heavy atom. The van der Waals surface area contributed by atoms with Crippen molar-refractivity contribution < 1.29 is 13.9 Å². The SMILES string of the molecule is CCCc1nc(NC)cc(N(CCO)CC(F)F)n1. The number of nitrogens with zero attached hydrogens (tertiary/aromatic N) is 3. The predicted octanol–water partition coefficient (Wildman–Crippen LogP) is 1.53. The molecule has 0 spiro atoms. The minimum absolute atomic E-state index is 0.121. The van der Waals surface area contributed by atoms with E-state index in [2.05, 4.69) is 15.3 Å². The molecule has 0 aromatic carbocycles. The van der Waals surface area contributed by atoms with Gasteiger partial charge in [-0.1, -0.05) is 6.92 Å². The summed E-state index contributed by atoms with van der Waals surface area (Å²) in [7, 11) is 1.71. The molecule has 1 rings (SSSR count). The monoisotopic (exact) mass is 274 g/mol. The molecule has 0 amide bonds. The number of aliphatic hydroxyl groups is 1. The molecule has 0 unspecified atom stereocenters. The molecule has 1 heterocycles. The number of anilines is 2. The van der Waals surface area contributed by atoms with E-state index in [1.54, 1.807) is 13.1 Å². The maximum Gasteiger partial charge on any atom is 0.255 e. The molecule has 1 aromatic heterocycles. The standard InChI is InChI=1S/C12H20F2N4O/c1-3-4-10-16-11(15-2)7-12(17-10)18(5-6-19)8-9(13)14/h7,9,19H,3-6,8H2,1-2H3,(H,15,16,17). The lowest BCUT2D eigenvalue weighted by Gasteiger charge is -2.23. The van der Waals surface area contributed by atoms with Crippen molar-refractivity contribution in [2.24, 2.45) is 0 Å². The maximum atomic E-state index is 12.5. The van der Waals surface area contributed by atoms with Gasteiger partial charge < -0.3 is 15.3 Å². The summed E-state index contributed by atoms with van der Waals surface area (Å²) >= 11 is 0. The summed E-state index contributed by atoms with van der Waals surface area (Å²) in [6.07, 6.45) is -0.916. The zero-order valence-corrected chi connectivity index (χ0v) is 11.2. The fourth-order valence-electron chi connectivity index (χ4n) is 1.70. The van der Waals surface area contributed by atoms with E-state index in [0.29, 0.717) is 23.9 Å². The third-order valence-corrected chi connectivity index (χ3v) is 2.54. The molecule has 0 aliphatic rings. The molecule has 0 saturated carbocycles. The van der Waals surface area contributed by atoms with Crippen LogP contribution in [0.15, 0.2) is 6.07 Å². The second kappa shape index (κ2) is 7.83. The van der Waals surface area contributed by atoms with Crippen LogP contribution in [0.25, 0.3) is 0 Å². The molecular weight excluding hydrogens is 254 g/mol. The van der Waals surface area contributed by atoms with Crippen molar-refractivity contribution in [1.82, 2.24) is 9.97 Å². The Balaban J connectivity index is 3.02. The van der Waals surface area contributed by atoms with Crippen molar-refractivity contribution >= 4 is 11.6 Å². The van der Waals surface area contributed by atoms with Crippen molar-refractivity contribution in [3.05, 3.63) is 11.9 Å². The van der Waals surface area contributed by atoms with Crippen molar-refractivity contribution in [3.63, 3.8) is 0 Å². The van der Waals surface area contributed by atoms with Crippen LogP contribution in [0, 0.1) is 0 Å². The number of aryl methyl sites for hydroxylation is 1. The van der Waals surface area contributed by atoms with Crippen LogP contribution in [0.4, 0.5) is 20.4 Å². The van der Waals surface area contributed by atoms with Crippen LogP contribution in [-0.2, 0) is 6.42 Å². The summed E-state index contributed by atoms with van der Waals surface area (Å²) in [6.45, 7) is 1.47. The smallest absolute Gasteiger partial charge is 0.255 e. The largest absolute Gasteiger partial charge is 0.395 e. The van der Waals surface area contributed by atoms with Gasteiger partial charge in [0.1, 0.15) is 17.5 Å². The molecule has 0 bridgehead atoms. The third kappa shape index (κ3) is 4.94. The molecule has 5 nitrogen and oxygen atoms in total. The summed E-state index contributed by atoms with van der Waals surface area (Å²) in [5.74, 6) is 1.62. The van der Waals surface area contributed by atoms with E-state index >= 15 is 0 Å². The Morgan fingerprint density at radius 1 is 1.42 bits per heavy atom. The van der Waals surface area contributed by atoms with E-state index in [9.17, 15) is 8.78 Å². The minimum atomic E-state index is -2.48. The van der Waals surface area contributed by atoms with Gasteiger partial charge in [-0.05, 0) is 6.42 Å². The van der Waals surface area contributed by atoms with Gasteiger partial charge in [0.05, 0.1) is 13.2 Å². The topological polar surface area (TPSA) is 61.3 Å². The first-order valence-corrected chi connectivity index (χ1v) is 6.30. The lowest BCUT2D eigenvalue weighted by Crippen LogP contribution is -2.32. The van der Waals surface area contributed by atoms with Crippen LogP contribution >= 0.6 is 0 Å². The van der Waals surface area contributed by atoms with E-state index in [4.69, 9.17) is 5.11 Å². The zero-order valence-electron chi connectivity index (χ0n) is 11.2. The second-order valence-electron chi connectivity index (χ2n) is 4.09. The van der Waals surface area contributed by atoms with Gasteiger partial charge in [0, 0.05) is 26.1 Å². The van der Waals surface area contributed by atoms with Gasteiger partial charge in [-0.25, -0.2) is 18.7 Å². The highest BCUT2D eigenvalue weighted by molar-refractivity contribution is 5.49. The van der Waals surface area contributed by atoms with E-state index < -0.39 is 13.0 Å². The number of aliphatic hydroxyl groups excluding tert-OH is 1. The number of aromatic nitrogens is 2. The van der Waals surface area contributed by atoms with Crippen molar-refractivity contribution in [1.29, 1.82) is 0 Å². The second-order valence-corrected chi connectivity index (χ2v) is 4.09. The summed E-state index contributed by atoms with van der Waals surface area (Å²) in [5.41, 5.74) is 0. The molecule has 1 aromatic rings. The zero-order chi connectivity index (χ0) is 14.3. The van der Waals surface area contributed by atoms with E-state index in [-0.39, 0.29) is 13.2 Å². The average molecular weight is 274 g/mol. The van der Waals surface area contributed by atoms with Gasteiger partial charge in [-0.3, -0.25) is 0 Å². The lowest BCUT2D eigenvalue weighted by molar-refractivity contribution is 0.152. The summed E-state index contributed by atoms with van der Waals surface area (Å²) in [4.78, 5) is 9.91. The summed E-state index contributed by atoms with van der Waals surface area (Å²) in [5, 5.41) is 11.9. The van der Waals surface area contributed by atoms with Crippen LogP contribution in [0.1, 0.15) is 19.2 Å². The van der Waals surface area contributed by atoms with Gasteiger partial charge in [-0.15, -0.1) is 0 Å². The molecule has 0 fully saturated rings. The lowest BCUT2D eigenvalue weighted by atomic mass is 10.3. The predicted molar refractivity (Wildman–Crippen MR) is 70.9 cm³/mol. The number of alkyl halides is 2. The normalized spacial score (nSPS) is 10.8. The Morgan fingerprint density at radius 2 is 2.16 bits per heavy atom. The molecule has 0 atom stereocenters. The van der Waals surface area contributed by atoms with Crippen LogP contribution in [0.2, 0.25) is 0 Å². The molecule has 0 radical (unpaired) electrons. The molecule has 0 aliphatic heterocycles. The van der Waals surface area contributed by atoms with Gasteiger partial charge in [0.25, 0.3) is 6.43 Å². The molecule has 0 saturated heterocycles. The fourth-order valence-corrected chi connectivity index (χ4v) is 1.70. The van der Waals surface area contributed by atoms with Gasteiger partial charge in [0.15, 0.2) is 0 Å². The fraction of sp³-hybridized carbons (Fsp3) is 0.667. The Bertz CT molecular complexity index is 390. The quantitative estimate of drug-likeness (QED) is 0.753. The van der Waals surface area contributed by atoms with Crippen molar-refractivity contribution in [2.75, 3.05) is 37.0 Å². The Kier molecular flexibility index (Phi) is 6.41. The molecular formula is C12H20F2N4O. The molecule has 2 N–H and O–H groups in total. The average Bonchev–Trinajstić information content (AvgIpc) is 2.37. The van der Waals surface area contributed by atoms with Crippen molar-refractivity contribution in [3.8, 4) is 0 Å². The van der Waals surface area contributed by atoms with Crippen LogP contribution < -0.4 is 10.2 Å². The van der Waals surface area contributed by atoms with Crippen LogP contribution in [0.5, 0.6) is 0 Å². The first-order valence-electron chi connectivity index (χ1n) is 6.30. The van der Waals surface area contributed by atoms with Gasteiger partial charge >= 0.3 is 0 Å². The number of nitrogens with one attached hydrogen (secondary N) is 1. The van der Waals surface area contributed by atoms with Crippen LogP contribution in [0.3, 0.4) is 0 Å². The highest BCUT2D eigenvalue weighted by Gasteiger charge is 2.15. The van der Waals surface area contributed by atoms with Crippen LogP contribution in [-0.4, -0.2) is 48.2 Å². The third-order valence-electron chi connectivity index (χ3n) is 2.54. The van der Waals surface area contributed by atoms with Gasteiger partial charge in [0.2, 0.25) is 0 Å². The first kappa shape index (κ1) is 15.6. The highest BCUT2D eigenvalue weighted by Crippen LogP contribution is 2.17. The Hall–Kier alpha value is -1.50. The highest BCUT2D eigenvalue weighted by atomic mass is 19.3. The molecule has 19 heavy (non-hydrogen) atoms. The molecule has 0 aliphatic carbocycles. The maximum absolute atomic E-state index is 12.5. The van der Waals surface area contributed by atoms with Gasteiger partial charge in [-0.2, -0.15) is 0 Å². The molecule has 7 heteroatoms.